The first kappa shape index (κ1) is 19.5. The fourth-order valence-electron chi connectivity index (χ4n) is 3.24. The Morgan fingerprint density at radius 2 is 1.89 bits per heavy atom. The molecule has 6 nitrogen and oxygen atoms in total. The van der Waals surface area contributed by atoms with Gasteiger partial charge in [-0.3, -0.25) is 14.5 Å². The summed E-state index contributed by atoms with van der Waals surface area (Å²) in [7, 11) is 0. The van der Waals surface area contributed by atoms with Gasteiger partial charge < -0.3 is 10.6 Å². The van der Waals surface area contributed by atoms with E-state index >= 15 is 0 Å². The highest BCUT2D eigenvalue weighted by atomic mass is 19.1. The summed E-state index contributed by atoms with van der Waals surface area (Å²) in [5.41, 5.74) is 0.823. The van der Waals surface area contributed by atoms with Crippen molar-refractivity contribution in [3.8, 4) is 0 Å². The minimum Gasteiger partial charge on any atom is -0.324 e. The smallest absolute Gasteiger partial charge is 0.324 e. The lowest BCUT2D eigenvalue weighted by molar-refractivity contribution is -0.133. The number of halogens is 1. The Kier molecular flexibility index (Phi) is 5.44. The molecule has 1 atom stereocenters. The predicted octanol–water partition coefficient (Wildman–Crippen LogP) is 3.18. The molecule has 0 radical (unpaired) electrons. The summed E-state index contributed by atoms with van der Waals surface area (Å²) in [5.74, 6) is -1.58. The number of carbonyl (C=O) groups is 3. The van der Waals surface area contributed by atoms with Crippen LogP contribution in [0.1, 0.15) is 31.4 Å². The van der Waals surface area contributed by atoms with Crippen LogP contribution in [0.3, 0.4) is 0 Å². The van der Waals surface area contributed by atoms with Crippen molar-refractivity contribution in [3.05, 3.63) is 65.5 Å². The van der Waals surface area contributed by atoms with Gasteiger partial charge in [-0.15, -0.1) is 0 Å². The molecular formula is C21H22FN3O3. The molecule has 2 N–H and O–H groups in total. The number of nitrogens with zero attached hydrogens (tertiary/aromatic N) is 1. The van der Waals surface area contributed by atoms with E-state index in [9.17, 15) is 18.8 Å². The second kappa shape index (κ2) is 7.80. The van der Waals surface area contributed by atoms with Gasteiger partial charge in [0.15, 0.2) is 0 Å². The van der Waals surface area contributed by atoms with Crippen molar-refractivity contribution in [3.63, 3.8) is 0 Å². The first-order chi connectivity index (χ1) is 13.3. The molecule has 4 amide bonds. The van der Waals surface area contributed by atoms with Crippen LogP contribution < -0.4 is 10.6 Å². The highest BCUT2D eigenvalue weighted by Crippen LogP contribution is 2.29. The Bertz CT molecular complexity index is 913. The number of carbonyl (C=O) groups excluding carboxylic acids is 3. The maximum absolute atomic E-state index is 13.2. The van der Waals surface area contributed by atoms with Gasteiger partial charge in [-0.05, 0) is 42.7 Å². The van der Waals surface area contributed by atoms with Crippen LogP contribution >= 0.6 is 0 Å². The van der Waals surface area contributed by atoms with Crippen molar-refractivity contribution in [2.24, 2.45) is 0 Å². The molecular weight excluding hydrogens is 361 g/mol. The van der Waals surface area contributed by atoms with Crippen molar-refractivity contribution >= 4 is 23.5 Å². The third-order valence-corrected chi connectivity index (χ3v) is 4.76. The molecule has 28 heavy (non-hydrogen) atoms. The Labute approximate surface area is 162 Å². The maximum Gasteiger partial charge on any atom is 0.325 e. The second-order valence-corrected chi connectivity index (χ2v) is 6.95. The molecule has 0 unspecified atom stereocenters. The zero-order valence-electron chi connectivity index (χ0n) is 15.8. The highest BCUT2D eigenvalue weighted by Gasteiger charge is 2.49. The lowest BCUT2D eigenvalue weighted by Gasteiger charge is -2.22. The number of hydrogen-bond acceptors (Lipinski definition) is 3. The van der Waals surface area contributed by atoms with E-state index in [1.54, 1.807) is 6.92 Å². The molecule has 1 aliphatic heterocycles. The Morgan fingerprint density at radius 1 is 1.18 bits per heavy atom. The summed E-state index contributed by atoms with van der Waals surface area (Å²) in [6.45, 7) is 3.25. The molecule has 7 heteroatoms. The molecule has 0 aliphatic carbocycles. The van der Waals surface area contributed by atoms with Crippen LogP contribution in [0.2, 0.25) is 0 Å². The van der Waals surface area contributed by atoms with E-state index in [2.05, 4.69) is 17.6 Å². The third kappa shape index (κ3) is 3.88. The number of aryl methyl sites for hydroxylation is 1. The lowest BCUT2D eigenvalue weighted by atomic mass is 9.91. The molecule has 0 saturated carbocycles. The number of rotatable bonds is 6. The van der Waals surface area contributed by atoms with Crippen molar-refractivity contribution in [1.82, 2.24) is 10.2 Å². The number of nitrogens with one attached hydrogen (secondary N) is 2. The van der Waals surface area contributed by atoms with E-state index in [-0.39, 0.29) is 5.69 Å². The first-order valence-corrected chi connectivity index (χ1v) is 9.12. The molecule has 3 rings (SSSR count). The van der Waals surface area contributed by atoms with Crippen LogP contribution in [0.25, 0.3) is 0 Å². The fraction of sp³-hybridized carbons (Fsp3) is 0.286. The maximum atomic E-state index is 13.2. The average molecular weight is 383 g/mol. The highest BCUT2D eigenvalue weighted by molar-refractivity contribution is 6.10. The van der Waals surface area contributed by atoms with Gasteiger partial charge in [0.25, 0.3) is 5.91 Å². The van der Waals surface area contributed by atoms with Gasteiger partial charge in [0.1, 0.15) is 17.9 Å². The van der Waals surface area contributed by atoms with Gasteiger partial charge in [0, 0.05) is 5.69 Å². The van der Waals surface area contributed by atoms with Crippen molar-refractivity contribution in [2.45, 2.75) is 32.2 Å². The van der Waals surface area contributed by atoms with Crippen LogP contribution in [0.15, 0.2) is 48.5 Å². The van der Waals surface area contributed by atoms with Gasteiger partial charge in [0.05, 0.1) is 0 Å². The first-order valence-electron chi connectivity index (χ1n) is 9.12. The van der Waals surface area contributed by atoms with Crippen LogP contribution in [-0.4, -0.2) is 29.3 Å². The molecule has 2 aromatic rings. The summed E-state index contributed by atoms with van der Waals surface area (Å²) in [4.78, 5) is 38.3. The molecule has 1 saturated heterocycles. The van der Waals surface area contributed by atoms with Crippen LogP contribution in [0.5, 0.6) is 0 Å². The Hall–Kier alpha value is -3.22. The van der Waals surface area contributed by atoms with Crippen molar-refractivity contribution in [1.29, 1.82) is 0 Å². The summed E-state index contributed by atoms with van der Waals surface area (Å²) < 4.78 is 13.2. The van der Waals surface area contributed by atoms with E-state index in [4.69, 9.17) is 0 Å². The number of imide groups is 1. The zero-order chi connectivity index (χ0) is 20.3. The normalized spacial score (nSPS) is 18.9. The molecule has 1 fully saturated rings. The Balaban J connectivity index is 1.72. The quantitative estimate of drug-likeness (QED) is 0.752. The van der Waals surface area contributed by atoms with Gasteiger partial charge in [-0.25, -0.2) is 9.18 Å². The molecule has 0 spiro atoms. The number of benzene rings is 2. The number of anilines is 1. The van der Waals surface area contributed by atoms with Gasteiger partial charge >= 0.3 is 6.03 Å². The number of amides is 4. The summed E-state index contributed by atoms with van der Waals surface area (Å²) in [6.07, 6.45) is 1.95. The molecule has 0 aromatic heterocycles. The predicted molar refractivity (Wildman–Crippen MR) is 103 cm³/mol. The third-order valence-electron chi connectivity index (χ3n) is 4.76. The molecule has 2 aromatic carbocycles. The SMILES string of the molecule is CCCc1ccc([C@@]2(C)NC(=O)N(CC(=O)Nc3cccc(F)c3)C2=O)cc1. The molecule has 1 aliphatic rings. The minimum absolute atomic E-state index is 0.256. The molecule has 146 valence electrons. The summed E-state index contributed by atoms with van der Waals surface area (Å²) >= 11 is 0. The van der Waals surface area contributed by atoms with Gasteiger partial charge in [-0.2, -0.15) is 0 Å². The number of hydrogen-bond donors (Lipinski definition) is 2. The van der Waals surface area contributed by atoms with Crippen molar-refractivity contribution in [2.75, 3.05) is 11.9 Å². The van der Waals surface area contributed by atoms with Crippen molar-refractivity contribution < 1.29 is 18.8 Å². The van der Waals surface area contributed by atoms with E-state index < -0.39 is 35.7 Å². The monoisotopic (exact) mass is 383 g/mol. The molecule has 1 heterocycles. The van der Waals surface area contributed by atoms with E-state index in [1.807, 2.05) is 24.3 Å². The van der Waals surface area contributed by atoms with E-state index in [0.29, 0.717) is 5.56 Å². The summed E-state index contributed by atoms with van der Waals surface area (Å²) in [6, 6.07) is 12.3. The van der Waals surface area contributed by atoms with Crippen LogP contribution in [0.4, 0.5) is 14.9 Å². The van der Waals surface area contributed by atoms with Crippen LogP contribution in [0, 0.1) is 5.82 Å². The number of urea groups is 1. The topological polar surface area (TPSA) is 78.5 Å². The summed E-state index contributed by atoms with van der Waals surface area (Å²) in [5, 5.41) is 5.16. The Morgan fingerprint density at radius 3 is 2.54 bits per heavy atom. The zero-order valence-corrected chi connectivity index (χ0v) is 15.8. The lowest BCUT2D eigenvalue weighted by Crippen LogP contribution is -2.42. The second-order valence-electron chi connectivity index (χ2n) is 6.95. The van der Waals surface area contributed by atoms with Gasteiger partial charge in [0.2, 0.25) is 5.91 Å². The van der Waals surface area contributed by atoms with Gasteiger partial charge in [-0.1, -0.05) is 43.7 Å². The molecule has 0 bridgehead atoms. The largest absolute Gasteiger partial charge is 0.325 e. The minimum atomic E-state index is -1.24. The standard InChI is InChI=1S/C21H22FN3O3/c1-3-5-14-8-10-15(11-9-14)21(2)19(27)25(20(28)24-21)13-18(26)23-17-7-4-6-16(22)12-17/h4,6-12H,3,5,13H2,1-2H3,(H,23,26)(H,24,28)/t21-/m1/s1. The van der Waals surface area contributed by atoms with Crippen LogP contribution in [-0.2, 0) is 21.5 Å². The average Bonchev–Trinajstić information content (AvgIpc) is 2.86. The van der Waals surface area contributed by atoms with E-state index in [0.717, 1.165) is 29.4 Å². The fourth-order valence-corrected chi connectivity index (χ4v) is 3.24. The van der Waals surface area contributed by atoms with E-state index in [1.165, 1.54) is 18.2 Å².